The minimum Gasteiger partial charge on any atom is -0.364 e. The number of rotatable bonds is 12. The van der Waals surface area contributed by atoms with E-state index >= 15 is 0 Å². The number of H-pyrrole nitrogens is 1. The van der Waals surface area contributed by atoms with Crippen molar-refractivity contribution in [2.45, 2.75) is 105 Å². The molecule has 4 aliphatic rings. The van der Waals surface area contributed by atoms with Crippen LogP contribution in [0.25, 0.3) is 68.8 Å². The molecular formula is C96H89N9S3. The fraction of sp³-hybridized carbons (Fsp3) is 0.250. The van der Waals surface area contributed by atoms with Crippen LogP contribution in [-0.2, 0) is 25.7 Å². The Morgan fingerprint density at radius 2 is 0.731 bits per heavy atom. The Morgan fingerprint density at radius 1 is 0.361 bits per heavy atom. The quantitative estimate of drug-likeness (QED) is 0.126. The summed E-state index contributed by atoms with van der Waals surface area (Å²) in [6.07, 6.45) is 32.0. The maximum absolute atomic E-state index is 9.29. The Balaban J connectivity index is 0.000000127. The molecule has 0 amide bonds. The van der Waals surface area contributed by atoms with Crippen LogP contribution in [0.1, 0.15) is 167 Å². The second kappa shape index (κ2) is 35.0. The normalized spacial score (nSPS) is 21.7. The number of benzene rings is 4. The fourth-order valence-electron chi connectivity index (χ4n) is 15.8. The summed E-state index contributed by atoms with van der Waals surface area (Å²) >= 11 is 5.57. The number of fused-ring (bicyclic) bond motifs is 4. The molecule has 16 rings (SSSR count). The lowest BCUT2D eigenvalue weighted by molar-refractivity contribution is 0.329. The molecule has 4 aliphatic carbocycles. The van der Waals surface area contributed by atoms with Crippen LogP contribution in [0.15, 0.2) is 241 Å². The number of nitrogens with zero attached hydrogens (tertiary/aromatic N) is 8. The van der Waals surface area contributed by atoms with Crippen molar-refractivity contribution < 1.29 is 0 Å². The van der Waals surface area contributed by atoms with Crippen molar-refractivity contribution in [1.82, 2.24) is 24.9 Å². The fourth-order valence-corrected chi connectivity index (χ4v) is 18.9. The van der Waals surface area contributed by atoms with Crippen molar-refractivity contribution in [3.63, 3.8) is 0 Å². The summed E-state index contributed by atoms with van der Waals surface area (Å²) < 4.78 is 0. The summed E-state index contributed by atoms with van der Waals surface area (Å²) in [6.45, 7) is 18.8. The molecule has 8 aromatic heterocycles. The molecule has 108 heavy (non-hydrogen) atoms. The van der Waals surface area contributed by atoms with E-state index in [-0.39, 0.29) is 0 Å². The number of aromatic nitrogens is 5. The number of allylic oxidation sites excluding steroid dienone is 4. The number of aromatic amines is 1. The van der Waals surface area contributed by atoms with Gasteiger partial charge in [0.25, 0.3) is 0 Å². The molecule has 0 radical (unpaired) electrons. The van der Waals surface area contributed by atoms with Gasteiger partial charge in [0, 0.05) is 115 Å². The van der Waals surface area contributed by atoms with Gasteiger partial charge in [-0.2, -0.15) is 32.4 Å². The standard InChI is InChI=1S/C24H23N3.3C24H22N2S/c1-16-13-18-11-12-26-24(18)22(17(16)2)10-9-21-8-7-20(15-27-21)23-6-4-3-5-19(23)14-25;1-16-11-20-14-27-15-24(20)22(17(16)2)10-9-21-8-7-19(13-26-21)23-6-4-3-5-18(23)12-25;1-16-13-18-11-12-27-24(18)22(17(16)2)10-9-21-8-7-20(15-26-21)23-6-4-3-5-19(23)14-25;1-16-13-24-23(11-12-27-24)21(17(16)2)10-9-20-8-7-19(15-26-20)22-6-4-3-5-18(22)14-25/h3-12,15-17,22,26H,13H2,1-2H3;3-10,13-17,22H,11H2,1-2H3;3-12,15-17,22H,13H2,1-2H3;3-12,15-17,21H,13H2,1-2H3/b4*10-9+/t3*16-,17+,22-;16-,17+,21-/m0000/s1. The molecule has 4 aromatic carbocycles. The van der Waals surface area contributed by atoms with Crippen LogP contribution in [0.5, 0.6) is 0 Å². The molecule has 8 heterocycles. The summed E-state index contributed by atoms with van der Waals surface area (Å²) in [5, 5.41) is 46.2. The summed E-state index contributed by atoms with van der Waals surface area (Å²) in [4.78, 5) is 24.9. The topological polar surface area (TPSA) is 163 Å². The highest BCUT2D eigenvalue weighted by atomic mass is 32.1. The van der Waals surface area contributed by atoms with E-state index in [2.05, 4.69) is 199 Å². The van der Waals surface area contributed by atoms with Gasteiger partial charge in [-0.25, -0.2) is 0 Å². The molecule has 9 nitrogen and oxygen atoms in total. The van der Waals surface area contributed by atoms with Crippen molar-refractivity contribution in [1.29, 1.82) is 21.0 Å². The Bertz CT molecular complexity index is 4700. The van der Waals surface area contributed by atoms with Gasteiger partial charge in [-0.05, 0) is 213 Å². The Morgan fingerprint density at radius 3 is 1.17 bits per heavy atom. The van der Waals surface area contributed by atoms with Gasteiger partial charge in [-0.3, -0.25) is 19.9 Å². The van der Waals surface area contributed by atoms with Crippen LogP contribution in [0.4, 0.5) is 0 Å². The van der Waals surface area contributed by atoms with E-state index in [0.717, 1.165) is 73.7 Å². The maximum atomic E-state index is 9.29. The molecule has 0 aliphatic heterocycles. The van der Waals surface area contributed by atoms with Gasteiger partial charge in [-0.1, -0.05) is 177 Å². The third-order valence-corrected chi connectivity index (χ3v) is 25.9. The van der Waals surface area contributed by atoms with Crippen LogP contribution < -0.4 is 0 Å². The maximum Gasteiger partial charge on any atom is 0.0998 e. The highest BCUT2D eigenvalue weighted by molar-refractivity contribution is 7.10. The first kappa shape index (κ1) is 75.0. The number of nitriles is 4. The SMILES string of the molecule is C[C@H]1[C@H](/C=C/c2ccc(-c3ccccc3C#N)cn2)c2[nH]ccc2C[C@@H]1C.C[C@H]1[C@H](/C=C/c2ccc(-c3ccccc3C#N)cn2)c2ccsc2C[C@@H]1C.C[C@H]1[C@H](/C=C/c2ccc(-c3ccccc3C#N)cn2)c2cscc2C[C@@H]1C.C[C@H]1[C@H](/C=C/c2ccc(-c3ccccc3C#N)cn2)c2sccc2C[C@@H]1C. The van der Waals surface area contributed by atoms with Crippen molar-refractivity contribution in [3.05, 3.63) is 329 Å². The first-order valence-electron chi connectivity index (χ1n) is 37.6. The Labute approximate surface area is 649 Å². The summed E-state index contributed by atoms with van der Waals surface area (Å²) in [5.74, 6) is 7.00. The van der Waals surface area contributed by atoms with Crippen LogP contribution in [0, 0.1) is 92.7 Å². The lowest BCUT2D eigenvalue weighted by Crippen LogP contribution is -2.24. The van der Waals surface area contributed by atoms with Gasteiger partial charge >= 0.3 is 0 Å². The van der Waals surface area contributed by atoms with Gasteiger partial charge in [0.15, 0.2) is 0 Å². The molecule has 12 heteroatoms. The lowest BCUT2D eigenvalue weighted by atomic mass is 9.72. The van der Waals surface area contributed by atoms with Gasteiger partial charge < -0.3 is 4.98 Å². The van der Waals surface area contributed by atoms with E-state index in [9.17, 15) is 21.0 Å². The van der Waals surface area contributed by atoms with Crippen molar-refractivity contribution >= 4 is 58.3 Å². The predicted molar refractivity (Wildman–Crippen MR) is 447 cm³/mol. The largest absolute Gasteiger partial charge is 0.364 e. The third-order valence-electron chi connectivity index (χ3n) is 23.0. The van der Waals surface area contributed by atoms with E-state index in [1.807, 2.05) is 204 Å². The van der Waals surface area contributed by atoms with Gasteiger partial charge in [-0.15, -0.1) is 22.7 Å². The second-order valence-corrected chi connectivity index (χ2v) is 32.3. The highest BCUT2D eigenvalue weighted by Crippen LogP contribution is 2.46. The highest BCUT2D eigenvalue weighted by Gasteiger charge is 2.34. The van der Waals surface area contributed by atoms with E-state index in [0.29, 0.717) is 93.3 Å². The third kappa shape index (κ3) is 17.1. The molecule has 536 valence electrons. The molecular weight excluding hydrogens is 1380 g/mol. The second-order valence-electron chi connectivity index (χ2n) is 29.6. The van der Waals surface area contributed by atoms with Crippen molar-refractivity contribution in [2.75, 3.05) is 0 Å². The van der Waals surface area contributed by atoms with E-state index in [1.54, 1.807) is 0 Å². The van der Waals surface area contributed by atoms with Crippen molar-refractivity contribution in [3.8, 4) is 68.8 Å². The monoisotopic (exact) mass is 1460 g/mol. The smallest absolute Gasteiger partial charge is 0.0998 e. The molecule has 0 bridgehead atoms. The molecule has 0 saturated carbocycles. The first-order valence-corrected chi connectivity index (χ1v) is 40.3. The minimum atomic E-state index is 0.388. The van der Waals surface area contributed by atoms with Gasteiger partial charge in [0.1, 0.15) is 0 Å². The van der Waals surface area contributed by atoms with E-state index in [1.165, 1.54) is 62.5 Å². The molecule has 12 atom stereocenters. The summed E-state index contributed by atoms with van der Waals surface area (Å²) in [5.41, 5.74) is 22.9. The van der Waals surface area contributed by atoms with Crippen LogP contribution >= 0.6 is 34.0 Å². The molecule has 0 saturated heterocycles. The number of thiophene rings is 3. The van der Waals surface area contributed by atoms with Crippen LogP contribution in [0.3, 0.4) is 0 Å². The molecule has 0 spiro atoms. The lowest BCUT2D eigenvalue weighted by Gasteiger charge is -2.32. The number of hydrogen-bond donors (Lipinski definition) is 1. The number of pyridine rings is 4. The zero-order valence-corrected chi connectivity index (χ0v) is 64.9. The van der Waals surface area contributed by atoms with Crippen LogP contribution in [-0.4, -0.2) is 24.9 Å². The zero-order chi connectivity index (χ0) is 75.2. The zero-order valence-electron chi connectivity index (χ0n) is 62.5. The number of hydrogen-bond acceptors (Lipinski definition) is 11. The van der Waals surface area contributed by atoms with Crippen molar-refractivity contribution in [2.24, 2.45) is 47.3 Å². The average molecular weight is 1470 g/mol. The van der Waals surface area contributed by atoms with Gasteiger partial charge in [0.05, 0.1) is 69.3 Å². The van der Waals surface area contributed by atoms with E-state index < -0.39 is 0 Å². The van der Waals surface area contributed by atoms with Crippen LogP contribution in [0.2, 0.25) is 0 Å². The minimum absolute atomic E-state index is 0.388. The Hall–Kier alpha value is -11.2. The van der Waals surface area contributed by atoms with Gasteiger partial charge in [0.2, 0.25) is 0 Å². The van der Waals surface area contributed by atoms with E-state index in [4.69, 9.17) is 0 Å². The average Bonchev–Trinajstić information content (AvgIpc) is 1.62. The molecule has 0 fully saturated rings. The summed E-state index contributed by atoms with van der Waals surface area (Å²) in [7, 11) is 0. The first-order chi connectivity index (χ1) is 52.7. The molecule has 0 unspecified atom stereocenters. The predicted octanol–water partition coefficient (Wildman–Crippen LogP) is 24.5. The Kier molecular flexibility index (Phi) is 24.3. The molecule has 1 N–H and O–H groups in total. The molecule has 12 aromatic rings. The number of nitrogens with one attached hydrogen (secondary N) is 1. The summed E-state index contributed by atoms with van der Waals surface area (Å²) in [6, 6.07) is 62.6.